The summed E-state index contributed by atoms with van der Waals surface area (Å²) in [7, 11) is 1.95. The summed E-state index contributed by atoms with van der Waals surface area (Å²) >= 11 is 3.65. The minimum Gasteiger partial charge on any atom is -0.493 e. The molecule has 0 unspecified atom stereocenters. The van der Waals surface area contributed by atoms with Crippen LogP contribution in [0.25, 0.3) is 11.3 Å². The molecule has 1 aliphatic heterocycles. The lowest BCUT2D eigenvalue weighted by Gasteiger charge is -2.02. The first kappa shape index (κ1) is 12.7. The second-order valence-electron chi connectivity index (χ2n) is 4.69. The minimum atomic E-state index is 0.621. The second-order valence-corrected chi connectivity index (χ2v) is 5.49. The molecule has 0 aliphatic carbocycles. The SMILES string of the molecule is Cn1nc(-c2ccc3c(c2)CCO3)c(Br)c1CCN. The van der Waals surface area contributed by atoms with Crippen molar-refractivity contribution in [2.24, 2.45) is 12.8 Å². The van der Waals surface area contributed by atoms with Gasteiger partial charge >= 0.3 is 0 Å². The van der Waals surface area contributed by atoms with E-state index in [0.29, 0.717) is 6.54 Å². The van der Waals surface area contributed by atoms with Crippen molar-refractivity contribution in [3.05, 3.63) is 33.9 Å². The van der Waals surface area contributed by atoms with Gasteiger partial charge in [-0.2, -0.15) is 5.10 Å². The van der Waals surface area contributed by atoms with Gasteiger partial charge in [-0.25, -0.2) is 0 Å². The lowest BCUT2D eigenvalue weighted by Crippen LogP contribution is -2.07. The highest BCUT2D eigenvalue weighted by Crippen LogP contribution is 2.34. The van der Waals surface area contributed by atoms with E-state index in [0.717, 1.165) is 46.6 Å². The average molecular weight is 322 g/mol. The molecule has 0 atom stereocenters. The Balaban J connectivity index is 2.05. The first-order valence-electron chi connectivity index (χ1n) is 6.38. The van der Waals surface area contributed by atoms with E-state index in [1.165, 1.54) is 5.56 Å². The van der Waals surface area contributed by atoms with Crippen molar-refractivity contribution in [3.63, 3.8) is 0 Å². The summed E-state index contributed by atoms with van der Waals surface area (Å²) in [6, 6.07) is 6.26. The summed E-state index contributed by atoms with van der Waals surface area (Å²) < 4.78 is 8.47. The molecule has 1 aromatic carbocycles. The predicted molar refractivity (Wildman–Crippen MR) is 78.3 cm³/mol. The number of nitrogens with two attached hydrogens (primary N) is 1. The molecule has 2 aromatic rings. The van der Waals surface area contributed by atoms with Gasteiger partial charge in [0.05, 0.1) is 16.8 Å². The fourth-order valence-corrected chi connectivity index (χ4v) is 3.22. The summed E-state index contributed by atoms with van der Waals surface area (Å²) in [5, 5.41) is 4.60. The third kappa shape index (κ3) is 2.17. The van der Waals surface area contributed by atoms with Gasteiger partial charge < -0.3 is 10.5 Å². The van der Waals surface area contributed by atoms with Crippen LogP contribution in [-0.2, 0) is 19.9 Å². The van der Waals surface area contributed by atoms with Crippen molar-refractivity contribution in [2.45, 2.75) is 12.8 Å². The van der Waals surface area contributed by atoms with Crippen LogP contribution < -0.4 is 10.5 Å². The highest BCUT2D eigenvalue weighted by molar-refractivity contribution is 9.10. The quantitative estimate of drug-likeness (QED) is 0.943. The standard InChI is InChI=1S/C14H16BrN3O/c1-18-11(4-6-16)13(15)14(17-18)10-2-3-12-9(8-10)5-7-19-12/h2-3,8H,4-7,16H2,1H3. The number of ether oxygens (including phenoxy) is 1. The third-order valence-corrected chi connectivity index (χ3v) is 4.28. The van der Waals surface area contributed by atoms with Gasteiger partial charge in [0.25, 0.3) is 0 Å². The predicted octanol–water partition coefficient (Wildman–Crippen LogP) is 2.29. The summed E-state index contributed by atoms with van der Waals surface area (Å²) in [5.74, 6) is 0.998. The molecule has 0 saturated heterocycles. The first-order valence-corrected chi connectivity index (χ1v) is 7.17. The van der Waals surface area contributed by atoms with Crippen molar-refractivity contribution in [1.82, 2.24) is 9.78 Å². The highest BCUT2D eigenvalue weighted by Gasteiger charge is 2.18. The molecule has 3 rings (SSSR count). The maximum absolute atomic E-state index is 5.64. The van der Waals surface area contributed by atoms with Crippen LogP contribution in [0, 0.1) is 0 Å². The van der Waals surface area contributed by atoms with E-state index in [1.54, 1.807) is 0 Å². The van der Waals surface area contributed by atoms with Crippen LogP contribution in [0.1, 0.15) is 11.3 Å². The fourth-order valence-electron chi connectivity index (χ4n) is 2.46. The molecule has 0 bridgehead atoms. The second kappa shape index (κ2) is 4.98. The largest absolute Gasteiger partial charge is 0.493 e. The zero-order valence-electron chi connectivity index (χ0n) is 10.8. The van der Waals surface area contributed by atoms with Crippen LogP contribution in [0.3, 0.4) is 0 Å². The average Bonchev–Trinajstić information content (AvgIpc) is 2.97. The molecular formula is C14H16BrN3O. The molecule has 2 heterocycles. The monoisotopic (exact) mass is 321 g/mol. The smallest absolute Gasteiger partial charge is 0.122 e. The zero-order chi connectivity index (χ0) is 13.4. The van der Waals surface area contributed by atoms with Crippen LogP contribution in [0.4, 0.5) is 0 Å². The molecule has 5 heteroatoms. The van der Waals surface area contributed by atoms with E-state index >= 15 is 0 Å². The Hall–Kier alpha value is -1.33. The van der Waals surface area contributed by atoms with Gasteiger partial charge in [0, 0.05) is 25.5 Å². The lowest BCUT2D eigenvalue weighted by atomic mass is 10.1. The first-order chi connectivity index (χ1) is 9.20. The number of halogens is 1. The summed E-state index contributed by atoms with van der Waals surface area (Å²) in [5.41, 5.74) is 10.1. The van der Waals surface area contributed by atoms with Gasteiger partial charge in [-0.1, -0.05) is 0 Å². The van der Waals surface area contributed by atoms with Gasteiger partial charge in [0.1, 0.15) is 11.4 Å². The van der Waals surface area contributed by atoms with Crippen molar-refractivity contribution >= 4 is 15.9 Å². The molecule has 0 saturated carbocycles. The van der Waals surface area contributed by atoms with E-state index in [-0.39, 0.29) is 0 Å². The lowest BCUT2D eigenvalue weighted by molar-refractivity contribution is 0.357. The summed E-state index contributed by atoms with van der Waals surface area (Å²) in [6.45, 7) is 1.40. The Morgan fingerprint density at radius 2 is 2.32 bits per heavy atom. The van der Waals surface area contributed by atoms with Gasteiger partial charge in [-0.3, -0.25) is 4.68 Å². The van der Waals surface area contributed by atoms with Gasteiger partial charge in [0.2, 0.25) is 0 Å². The fraction of sp³-hybridized carbons (Fsp3) is 0.357. The molecular weight excluding hydrogens is 306 g/mol. The number of rotatable bonds is 3. The summed E-state index contributed by atoms with van der Waals surface area (Å²) in [6.07, 6.45) is 1.79. The Bertz CT molecular complexity index is 621. The topological polar surface area (TPSA) is 53.1 Å². The van der Waals surface area contributed by atoms with Crippen molar-refractivity contribution in [3.8, 4) is 17.0 Å². The normalized spacial score (nSPS) is 13.4. The molecule has 100 valence electrons. The van der Waals surface area contributed by atoms with E-state index in [9.17, 15) is 0 Å². The van der Waals surface area contributed by atoms with Gasteiger partial charge in [0.15, 0.2) is 0 Å². The van der Waals surface area contributed by atoms with Crippen molar-refractivity contribution in [2.75, 3.05) is 13.2 Å². The molecule has 2 N–H and O–H groups in total. The van der Waals surface area contributed by atoms with Gasteiger partial charge in [-0.05, 0) is 46.2 Å². The molecule has 1 aromatic heterocycles. The molecule has 0 spiro atoms. The zero-order valence-corrected chi connectivity index (χ0v) is 12.4. The number of benzene rings is 1. The Kier molecular flexibility index (Phi) is 3.33. The minimum absolute atomic E-state index is 0.621. The molecule has 0 radical (unpaired) electrons. The van der Waals surface area contributed by atoms with E-state index in [1.807, 2.05) is 17.8 Å². The Morgan fingerprint density at radius 1 is 1.47 bits per heavy atom. The van der Waals surface area contributed by atoms with Crippen LogP contribution in [0.15, 0.2) is 22.7 Å². The Morgan fingerprint density at radius 3 is 3.11 bits per heavy atom. The number of fused-ring (bicyclic) bond motifs is 1. The Labute approximate surface area is 120 Å². The maximum Gasteiger partial charge on any atom is 0.122 e. The molecule has 1 aliphatic rings. The van der Waals surface area contributed by atoms with Crippen LogP contribution in [0.2, 0.25) is 0 Å². The number of nitrogens with zero attached hydrogens (tertiary/aromatic N) is 2. The van der Waals surface area contributed by atoms with Crippen LogP contribution >= 0.6 is 15.9 Å². The number of hydrogen-bond donors (Lipinski definition) is 1. The summed E-state index contributed by atoms with van der Waals surface area (Å²) in [4.78, 5) is 0. The highest BCUT2D eigenvalue weighted by atomic mass is 79.9. The van der Waals surface area contributed by atoms with Crippen molar-refractivity contribution in [1.29, 1.82) is 0 Å². The molecule has 4 nitrogen and oxygen atoms in total. The van der Waals surface area contributed by atoms with Gasteiger partial charge in [-0.15, -0.1) is 0 Å². The molecule has 0 amide bonds. The van der Waals surface area contributed by atoms with Crippen LogP contribution in [-0.4, -0.2) is 22.9 Å². The van der Waals surface area contributed by atoms with E-state index in [2.05, 4.69) is 33.2 Å². The van der Waals surface area contributed by atoms with E-state index < -0.39 is 0 Å². The van der Waals surface area contributed by atoms with Crippen LogP contribution in [0.5, 0.6) is 5.75 Å². The molecule has 0 fully saturated rings. The van der Waals surface area contributed by atoms with E-state index in [4.69, 9.17) is 10.5 Å². The molecule has 19 heavy (non-hydrogen) atoms. The number of hydrogen-bond acceptors (Lipinski definition) is 3. The third-order valence-electron chi connectivity index (χ3n) is 3.45. The number of aromatic nitrogens is 2. The maximum atomic E-state index is 5.64. The van der Waals surface area contributed by atoms with Crippen molar-refractivity contribution < 1.29 is 4.74 Å². The number of aryl methyl sites for hydroxylation is 1.